The summed E-state index contributed by atoms with van der Waals surface area (Å²) in [6.45, 7) is 3.13. The molecule has 2 aliphatic rings. The van der Waals surface area contributed by atoms with Gasteiger partial charge in [0.2, 0.25) is 0 Å². The Labute approximate surface area is 125 Å². The van der Waals surface area contributed by atoms with E-state index in [1.165, 1.54) is 32.1 Å². The van der Waals surface area contributed by atoms with Crippen LogP contribution in [0.5, 0.6) is 0 Å². The molecule has 1 amide bonds. The van der Waals surface area contributed by atoms with Gasteiger partial charge in [-0.2, -0.15) is 0 Å². The highest BCUT2D eigenvalue weighted by Crippen LogP contribution is 2.23. The number of piperazine rings is 1. The Morgan fingerprint density at radius 3 is 2.38 bits per heavy atom. The first-order valence-corrected chi connectivity index (χ1v) is 7.97. The largest absolute Gasteiger partial charge is 0.358 e. The Morgan fingerprint density at radius 2 is 1.76 bits per heavy atom. The number of ketones is 1. The molecule has 1 aliphatic carbocycles. The summed E-state index contributed by atoms with van der Waals surface area (Å²) in [6, 6.07) is 4.08. The highest BCUT2D eigenvalue weighted by Gasteiger charge is 2.30. The fourth-order valence-electron chi connectivity index (χ4n) is 3.47. The monoisotopic (exact) mass is 289 g/mol. The lowest BCUT2D eigenvalue weighted by Gasteiger charge is -2.40. The van der Waals surface area contributed by atoms with E-state index in [0.717, 1.165) is 13.1 Å². The lowest BCUT2D eigenvalue weighted by molar-refractivity contribution is -0.128. The van der Waals surface area contributed by atoms with Gasteiger partial charge in [0.05, 0.1) is 5.69 Å². The number of nitrogens with one attached hydrogen (secondary N) is 1. The van der Waals surface area contributed by atoms with Crippen LogP contribution in [0.3, 0.4) is 0 Å². The molecular formula is C16H23N3O2. The summed E-state index contributed by atoms with van der Waals surface area (Å²) in [6.07, 6.45) is 8.26. The molecule has 1 N–H and O–H groups in total. The maximum Gasteiger partial charge on any atom is 0.296 e. The normalized spacial score (nSPS) is 21.4. The Hall–Kier alpha value is -1.62. The smallest absolute Gasteiger partial charge is 0.296 e. The Morgan fingerprint density at radius 1 is 1.05 bits per heavy atom. The van der Waals surface area contributed by atoms with Crippen LogP contribution in [0.1, 0.15) is 42.6 Å². The number of nitrogens with zero attached hydrogens (tertiary/aromatic N) is 2. The molecule has 5 nitrogen and oxygen atoms in total. The van der Waals surface area contributed by atoms with Gasteiger partial charge in [-0.15, -0.1) is 0 Å². The lowest BCUT2D eigenvalue weighted by atomic mass is 9.94. The van der Waals surface area contributed by atoms with Gasteiger partial charge in [-0.1, -0.05) is 19.3 Å². The van der Waals surface area contributed by atoms with Crippen molar-refractivity contribution in [2.45, 2.75) is 38.1 Å². The SMILES string of the molecule is O=C(C(=O)N1CCN(C2CCCCC2)CC1)c1ccc[nH]1. The number of Topliss-reactive ketones (excluding diaryl/α,β-unsaturated/α-hetero) is 1. The van der Waals surface area contributed by atoms with E-state index < -0.39 is 5.78 Å². The molecular weight excluding hydrogens is 266 g/mol. The Bertz CT molecular complexity index is 484. The molecule has 0 aromatic carbocycles. The summed E-state index contributed by atoms with van der Waals surface area (Å²) in [4.78, 5) is 31.3. The zero-order chi connectivity index (χ0) is 14.7. The molecule has 1 aromatic heterocycles. The highest BCUT2D eigenvalue weighted by atomic mass is 16.2. The first-order valence-electron chi connectivity index (χ1n) is 7.97. The van der Waals surface area contributed by atoms with Gasteiger partial charge in [-0.25, -0.2) is 0 Å². The van der Waals surface area contributed by atoms with Crippen LogP contribution >= 0.6 is 0 Å². The Balaban J connectivity index is 1.53. The van der Waals surface area contributed by atoms with Gasteiger partial charge in [-0.3, -0.25) is 14.5 Å². The molecule has 1 aliphatic heterocycles. The van der Waals surface area contributed by atoms with Crippen LogP contribution < -0.4 is 0 Å². The molecule has 2 fully saturated rings. The molecule has 3 rings (SSSR count). The number of aromatic nitrogens is 1. The number of aromatic amines is 1. The van der Waals surface area contributed by atoms with Crippen molar-refractivity contribution in [1.29, 1.82) is 0 Å². The minimum absolute atomic E-state index is 0.374. The van der Waals surface area contributed by atoms with E-state index in [0.29, 0.717) is 24.8 Å². The molecule has 0 spiro atoms. The van der Waals surface area contributed by atoms with E-state index >= 15 is 0 Å². The second kappa shape index (κ2) is 6.43. The topological polar surface area (TPSA) is 56.4 Å². The van der Waals surface area contributed by atoms with E-state index in [9.17, 15) is 9.59 Å². The van der Waals surface area contributed by atoms with Gasteiger partial charge in [0.25, 0.3) is 11.7 Å². The summed E-state index contributed by atoms with van der Waals surface area (Å²) < 4.78 is 0. The Kier molecular flexibility index (Phi) is 4.39. The second-order valence-electron chi connectivity index (χ2n) is 6.03. The first kappa shape index (κ1) is 14.3. The maximum absolute atomic E-state index is 12.2. The van der Waals surface area contributed by atoms with Gasteiger partial charge < -0.3 is 9.88 Å². The van der Waals surface area contributed by atoms with E-state index in [1.54, 1.807) is 23.2 Å². The fraction of sp³-hybridized carbons (Fsp3) is 0.625. The third kappa shape index (κ3) is 3.18. The van der Waals surface area contributed by atoms with Crippen molar-refractivity contribution in [2.24, 2.45) is 0 Å². The van der Waals surface area contributed by atoms with Gasteiger partial charge >= 0.3 is 0 Å². The summed E-state index contributed by atoms with van der Waals surface area (Å²) in [5, 5.41) is 0. The number of hydrogen-bond acceptors (Lipinski definition) is 3. The number of rotatable bonds is 3. The van der Waals surface area contributed by atoms with Crippen LogP contribution in [0.4, 0.5) is 0 Å². The van der Waals surface area contributed by atoms with E-state index in [4.69, 9.17) is 0 Å². The molecule has 2 heterocycles. The predicted molar refractivity (Wildman–Crippen MR) is 80.1 cm³/mol. The van der Waals surface area contributed by atoms with Crippen molar-refractivity contribution < 1.29 is 9.59 Å². The average molecular weight is 289 g/mol. The molecule has 114 valence electrons. The highest BCUT2D eigenvalue weighted by molar-refractivity contribution is 6.42. The molecule has 0 radical (unpaired) electrons. The minimum atomic E-state index is -0.425. The van der Waals surface area contributed by atoms with Crippen molar-refractivity contribution >= 4 is 11.7 Å². The van der Waals surface area contributed by atoms with Gasteiger partial charge in [-0.05, 0) is 25.0 Å². The van der Waals surface area contributed by atoms with Gasteiger partial charge in [0, 0.05) is 38.4 Å². The number of carbonyl (C=O) groups is 2. The lowest BCUT2D eigenvalue weighted by Crippen LogP contribution is -2.53. The minimum Gasteiger partial charge on any atom is -0.358 e. The van der Waals surface area contributed by atoms with Crippen LogP contribution in [0.25, 0.3) is 0 Å². The molecule has 0 bridgehead atoms. The van der Waals surface area contributed by atoms with Gasteiger partial charge in [0.1, 0.15) is 0 Å². The van der Waals surface area contributed by atoms with Crippen LogP contribution in [0.2, 0.25) is 0 Å². The third-order valence-electron chi connectivity index (χ3n) is 4.73. The molecule has 5 heteroatoms. The molecule has 1 saturated heterocycles. The van der Waals surface area contributed by atoms with E-state index in [-0.39, 0.29) is 5.91 Å². The number of hydrogen-bond donors (Lipinski definition) is 1. The molecule has 21 heavy (non-hydrogen) atoms. The zero-order valence-electron chi connectivity index (χ0n) is 12.4. The molecule has 1 saturated carbocycles. The number of H-pyrrole nitrogens is 1. The van der Waals surface area contributed by atoms with Crippen molar-refractivity contribution in [2.75, 3.05) is 26.2 Å². The van der Waals surface area contributed by atoms with Crippen molar-refractivity contribution in [3.63, 3.8) is 0 Å². The average Bonchev–Trinajstić information content (AvgIpc) is 3.09. The number of amides is 1. The van der Waals surface area contributed by atoms with Crippen LogP contribution in [-0.2, 0) is 4.79 Å². The van der Waals surface area contributed by atoms with Crippen LogP contribution in [-0.4, -0.2) is 58.7 Å². The van der Waals surface area contributed by atoms with Crippen LogP contribution in [0.15, 0.2) is 18.3 Å². The summed E-state index contributed by atoms with van der Waals surface area (Å²) in [5.41, 5.74) is 0.384. The fourth-order valence-corrected chi connectivity index (χ4v) is 3.47. The molecule has 0 atom stereocenters. The van der Waals surface area contributed by atoms with Gasteiger partial charge in [0.15, 0.2) is 0 Å². The van der Waals surface area contributed by atoms with Crippen LogP contribution in [0, 0.1) is 0 Å². The summed E-state index contributed by atoms with van der Waals surface area (Å²) in [7, 11) is 0. The van der Waals surface area contributed by atoms with Crippen molar-refractivity contribution in [1.82, 2.24) is 14.8 Å². The first-order chi connectivity index (χ1) is 10.3. The van der Waals surface area contributed by atoms with E-state index in [1.807, 2.05) is 0 Å². The summed E-state index contributed by atoms with van der Waals surface area (Å²) >= 11 is 0. The molecule has 1 aromatic rings. The predicted octanol–water partition coefficient (Wildman–Crippen LogP) is 1.67. The quantitative estimate of drug-likeness (QED) is 0.680. The standard InChI is InChI=1S/C16H23N3O2/c20-15(14-7-4-8-17-14)16(21)19-11-9-18(10-12-19)13-5-2-1-3-6-13/h4,7-8,13,17H,1-3,5-6,9-12H2. The zero-order valence-corrected chi connectivity index (χ0v) is 12.4. The van der Waals surface area contributed by atoms with Crippen molar-refractivity contribution in [3.05, 3.63) is 24.0 Å². The third-order valence-corrected chi connectivity index (χ3v) is 4.73. The van der Waals surface area contributed by atoms with E-state index in [2.05, 4.69) is 9.88 Å². The molecule has 0 unspecified atom stereocenters. The number of carbonyl (C=O) groups excluding carboxylic acids is 2. The summed E-state index contributed by atoms with van der Waals surface area (Å²) in [5.74, 6) is -0.799. The second-order valence-corrected chi connectivity index (χ2v) is 6.03. The van der Waals surface area contributed by atoms with Crippen molar-refractivity contribution in [3.8, 4) is 0 Å². The maximum atomic E-state index is 12.2.